The van der Waals surface area contributed by atoms with Gasteiger partial charge in [-0.3, -0.25) is 19.7 Å². The van der Waals surface area contributed by atoms with Crippen molar-refractivity contribution in [2.45, 2.75) is 6.92 Å². The zero-order valence-corrected chi connectivity index (χ0v) is 13.8. The molecule has 7 heteroatoms. The Bertz CT molecular complexity index is 773. The van der Waals surface area contributed by atoms with Crippen molar-refractivity contribution < 1.29 is 14.4 Å². The molecule has 4 N–H and O–H groups in total. The predicted octanol–water partition coefficient (Wildman–Crippen LogP) is 2.23. The van der Waals surface area contributed by atoms with E-state index >= 15 is 0 Å². The third kappa shape index (κ3) is 4.40. The van der Waals surface area contributed by atoms with Crippen molar-refractivity contribution >= 4 is 45.0 Å². The molecule has 0 aliphatic rings. The molecule has 6 nitrogen and oxygen atoms in total. The number of nitrogens with one attached hydrogen (secondary N) is 2. The highest BCUT2D eigenvalue weighted by Crippen LogP contribution is 2.19. The van der Waals surface area contributed by atoms with Crippen molar-refractivity contribution in [3.05, 3.63) is 58.1 Å². The molecule has 0 saturated carbocycles. The van der Waals surface area contributed by atoms with E-state index in [4.69, 9.17) is 5.73 Å². The highest BCUT2D eigenvalue weighted by atomic mass is 79.9. The van der Waals surface area contributed by atoms with Crippen molar-refractivity contribution in [2.24, 2.45) is 0 Å². The van der Waals surface area contributed by atoms with Crippen LogP contribution in [0.4, 0.5) is 11.4 Å². The fourth-order valence-corrected chi connectivity index (χ4v) is 2.02. The largest absolute Gasteiger partial charge is 0.399 e. The van der Waals surface area contributed by atoms with Crippen LogP contribution >= 0.6 is 15.9 Å². The molecule has 2 aromatic carbocycles. The molecule has 0 saturated heterocycles. The summed E-state index contributed by atoms with van der Waals surface area (Å²) in [5.74, 6) is -2.62. The first-order valence-corrected chi connectivity index (χ1v) is 7.44. The first-order chi connectivity index (χ1) is 10.9. The number of nitrogen functional groups attached to an aromatic ring is 1. The van der Waals surface area contributed by atoms with E-state index in [9.17, 15) is 14.4 Å². The Kier molecular flexibility index (Phi) is 5.13. The Morgan fingerprint density at radius 1 is 1.00 bits per heavy atom. The maximum atomic E-state index is 11.9. The topological polar surface area (TPSA) is 101 Å². The lowest BCUT2D eigenvalue weighted by Gasteiger charge is -2.07. The average Bonchev–Trinajstić information content (AvgIpc) is 2.51. The Hall–Kier alpha value is -2.67. The van der Waals surface area contributed by atoms with Gasteiger partial charge in [0.05, 0.1) is 0 Å². The van der Waals surface area contributed by atoms with Crippen LogP contribution in [0.25, 0.3) is 0 Å². The number of imide groups is 1. The third-order valence-corrected chi connectivity index (χ3v) is 3.91. The molecule has 0 unspecified atom stereocenters. The normalized spacial score (nSPS) is 10.0. The summed E-state index contributed by atoms with van der Waals surface area (Å²) in [7, 11) is 0. The SMILES string of the molecule is Cc1cc(NC(=O)C(=O)NC(=O)c2ccc(N)cc2)ccc1Br. The minimum absolute atomic E-state index is 0.236. The van der Waals surface area contributed by atoms with E-state index in [0.717, 1.165) is 10.0 Å². The van der Waals surface area contributed by atoms with Crippen LogP contribution in [0.5, 0.6) is 0 Å². The lowest BCUT2D eigenvalue weighted by molar-refractivity contribution is -0.135. The van der Waals surface area contributed by atoms with Crippen LogP contribution in [0.3, 0.4) is 0 Å². The summed E-state index contributed by atoms with van der Waals surface area (Å²) in [6.45, 7) is 1.85. The molecule has 0 atom stereocenters. The number of hydrogen-bond donors (Lipinski definition) is 3. The van der Waals surface area contributed by atoms with E-state index in [1.54, 1.807) is 18.2 Å². The molecule has 0 heterocycles. The Morgan fingerprint density at radius 2 is 1.65 bits per heavy atom. The first kappa shape index (κ1) is 16.7. The molecule has 0 bridgehead atoms. The zero-order chi connectivity index (χ0) is 17.0. The summed E-state index contributed by atoms with van der Waals surface area (Å²) in [6.07, 6.45) is 0. The summed E-state index contributed by atoms with van der Waals surface area (Å²) in [5.41, 5.74) is 7.62. The number of rotatable bonds is 2. The molecule has 0 spiro atoms. The fourth-order valence-electron chi connectivity index (χ4n) is 1.78. The van der Waals surface area contributed by atoms with Gasteiger partial charge in [-0.05, 0) is 55.0 Å². The molecule has 23 heavy (non-hydrogen) atoms. The molecule has 2 aromatic rings. The lowest BCUT2D eigenvalue weighted by atomic mass is 10.2. The van der Waals surface area contributed by atoms with Crippen LogP contribution in [0, 0.1) is 6.92 Å². The number of carbonyl (C=O) groups is 3. The monoisotopic (exact) mass is 375 g/mol. The molecule has 0 aromatic heterocycles. The third-order valence-electron chi connectivity index (χ3n) is 3.02. The van der Waals surface area contributed by atoms with Crippen molar-refractivity contribution in [3.63, 3.8) is 0 Å². The van der Waals surface area contributed by atoms with Crippen molar-refractivity contribution in [1.29, 1.82) is 0 Å². The van der Waals surface area contributed by atoms with Crippen LogP contribution in [-0.4, -0.2) is 17.7 Å². The van der Waals surface area contributed by atoms with Gasteiger partial charge in [-0.15, -0.1) is 0 Å². The molecule has 0 aliphatic heterocycles. The maximum Gasteiger partial charge on any atom is 0.316 e. The zero-order valence-electron chi connectivity index (χ0n) is 12.2. The minimum Gasteiger partial charge on any atom is -0.399 e. The van der Waals surface area contributed by atoms with Crippen LogP contribution in [0.2, 0.25) is 0 Å². The van der Waals surface area contributed by atoms with Crippen LogP contribution < -0.4 is 16.4 Å². The van der Waals surface area contributed by atoms with Gasteiger partial charge in [0.2, 0.25) is 0 Å². The van der Waals surface area contributed by atoms with Crippen molar-refractivity contribution in [2.75, 3.05) is 11.1 Å². The number of benzene rings is 2. The number of halogens is 1. The molecule has 3 amide bonds. The van der Waals surface area contributed by atoms with Gasteiger partial charge in [0.25, 0.3) is 5.91 Å². The Morgan fingerprint density at radius 3 is 2.26 bits per heavy atom. The van der Waals surface area contributed by atoms with E-state index in [-0.39, 0.29) is 5.56 Å². The number of anilines is 2. The van der Waals surface area contributed by atoms with Gasteiger partial charge in [-0.1, -0.05) is 15.9 Å². The number of aryl methyl sites for hydroxylation is 1. The second kappa shape index (κ2) is 7.06. The van der Waals surface area contributed by atoms with Crippen LogP contribution in [0.15, 0.2) is 46.9 Å². The van der Waals surface area contributed by atoms with Gasteiger partial charge >= 0.3 is 11.8 Å². The number of hydrogen-bond acceptors (Lipinski definition) is 4. The second-order valence-electron chi connectivity index (χ2n) is 4.82. The fraction of sp³-hybridized carbons (Fsp3) is 0.0625. The quantitative estimate of drug-likeness (QED) is 0.553. The van der Waals surface area contributed by atoms with Gasteiger partial charge in [0.1, 0.15) is 0 Å². The van der Waals surface area contributed by atoms with Crippen LogP contribution in [0.1, 0.15) is 15.9 Å². The highest BCUT2D eigenvalue weighted by Gasteiger charge is 2.18. The summed E-state index contributed by atoms with van der Waals surface area (Å²) in [5, 5.41) is 4.45. The van der Waals surface area contributed by atoms with Crippen LogP contribution in [-0.2, 0) is 9.59 Å². The lowest BCUT2D eigenvalue weighted by Crippen LogP contribution is -2.39. The van der Waals surface area contributed by atoms with Gasteiger partial charge in [-0.2, -0.15) is 0 Å². The van der Waals surface area contributed by atoms with E-state index in [1.165, 1.54) is 24.3 Å². The maximum absolute atomic E-state index is 11.9. The standard InChI is InChI=1S/C16H14BrN3O3/c1-9-8-12(6-7-13(9)17)19-15(22)16(23)20-14(21)10-2-4-11(18)5-3-10/h2-8H,18H2,1H3,(H,19,22)(H,20,21,23). The molecular weight excluding hydrogens is 362 g/mol. The molecule has 0 radical (unpaired) electrons. The molecular formula is C16H14BrN3O3. The number of nitrogens with two attached hydrogens (primary N) is 1. The highest BCUT2D eigenvalue weighted by molar-refractivity contribution is 9.10. The van der Waals surface area contributed by atoms with E-state index in [0.29, 0.717) is 11.4 Å². The summed E-state index contributed by atoms with van der Waals surface area (Å²) in [4.78, 5) is 35.5. The van der Waals surface area contributed by atoms with Crippen molar-refractivity contribution in [3.8, 4) is 0 Å². The van der Waals surface area contributed by atoms with Gasteiger partial charge in [0.15, 0.2) is 0 Å². The Labute approximate surface area is 141 Å². The predicted molar refractivity (Wildman–Crippen MR) is 90.8 cm³/mol. The van der Waals surface area contributed by atoms with Crippen molar-refractivity contribution in [1.82, 2.24) is 5.32 Å². The van der Waals surface area contributed by atoms with E-state index in [2.05, 4.69) is 21.2 Å². The first-order valence-electron chi connectivity index (χ1n) is 6.65. The van der Waals surface area contributed by atoms with E-state index < -0.39 is 17.7 Å². The molecule has 2 rings (SSSR count). The van der Waals surface area contributed by atoms with Gasteiger partial charge in [0, 0.05) is 21.4 Å². The Balaban J connectivity index is 1.99. The second-order valence-corrected chi connectivity index (χ2v) is 5.68. The summed E-state index contributed by atoms with van der Waals surface area (Å²) < 4.78 is 0.887. The average molecular weight is 376 g/mol. The number of carbonyl (C=O) groups excluding carboxylic acids is 3. The molecule has 0 fully saturated rings. The molecule has 118 valence electrons. The van der Waals surface area contributed by atoms with E-state index in [1.807, 2.05) is 12.2 Å². The summed E-state index contributed by atoms with van der Waals surface area (Å²) in [6, 6.07) is 11.1. The van der Waals surface area contributed by atoms with Gasteiger partial charge in [-0.25, -0.2) is 0 Å². The number of amides is 3. The summed E-state index contributed by atoms with van der Waals surface area (Å²) >= 11 is 3.34. The molecule has 0 aliphatic carbocycles. The smallest absolute Gasteiger partial charge is 0.316 e. The minimum atomic E-state index is -1.03. The van der Waals surface area contributed by atoms with Gasteiger partial charge < -0.3 is 11.1 Å².